The van der Waals surface area contributed by atoms with E-state index >= 15 is 0 Å². The molecule has 1 atom stereocenters. The number of anilines is 1. The van der Waals surface area contributed by atoms with Crippen LogP contribution in [-0.4, -0.2) is 45.0 Å². The molecule has 0 radical (unpaired) electrons. The first-order chi connectivity index (χ1) is 10.7. The average Bonchev–Trinajstić information content (AvgIpc) is 3.13. The Bertz CT molecular complexity index is 740. The molecular weight excluding hydrogens is 471 g/mol. The number of nitrogens with zero attached hydrogens (tertiary/aromatic N) is 4. The number of aryl methyl sites for hydroxylation is 2. The standard InChI is InChI=1S/C14H14N6OS.2Rb/c15-9-3-4-20(6-9)14(21)19-13-18-10-2-1-8-5-16-7-17-11(8)12(10)22-13;;/h9H,1-4,6,15H2,(H,18,19,21);;/q-2;2*+1. The molecule has 2 aromatic heterocycles. The second-order valence-electron chi connectivity index (χ2n) is 5.48. The molecule has 2 amide bonds. The van der Waals surface area contributed by atoms with Gasteiger partial charge < -0.3 is 20.6 Å². The number of carbonyl (C=O) groups is 1. The number of thiazole rings is 1. The van der Waals surface area contributed by atoms with E-state index in [1.807, 2.05) is 0 Å². The quantitative estimate of drug-likeness (QED) is 0.394. The summed E-state index contributed by atoms with van der Waals surface area (Å²) < 4.78 is 0. The van der Waals surface area contributed by atoms with Crippen LogP contribution in [0.25, 0.3) is 10.6 Å². The number of rotatable bonds is 1. The molecule has 0 spiro atoms. The van der Waals surface area contributed by atoms with Crippen LogP contribution < -0.4 is 127 Å². The minimum absolute atomic E-state index is 0. The molecule has 0 aromatic carbocycles. The molecule has 1 saturated heterocycles. The van der Waals surface area contributed by atoms with E-state index < -0.39 is 0 Å². The summed E-state index contributed by atoms with van der Waals surface area (Å²) in [5, 5.41) is 3.47. The number of hydrogen-bond donors (Lipinski definition) is 2. The summed E-state index contributed by atoms with van der Waals surface area (Å²) in [7, 11) is 0. The molecular formula is C14H14N6ORb2S. The normalized spacial score (nSPS) is 18.0. The van der Waals surface area contributed by atoms with Crippen molar-refractivity contribution >= 4 is 22.5 Å². The second kappa shape index (κ2) is 9.66. The van der Waals surface area contributed by atoms with Crippen molar-refractivity contribution in [2.24, 2.45) is 5.73 Å². The van der Waals surface area contributed by atoms with Crippen LogP contribution in [0, 0.1) is 12.5 Å². The third-order valence-corrected chi connectivity index (χ3v) is 4.96. The molecule has 0 saturated carbocycles. The number of nitrogens with one attached hydrogen (secondary N) is 1. The largest absolute Gasteiger partial charge is 1.00 e. The Kier molecular flexibility index (Phi) is 8.79. The van der Waals surface area contributed by atoms with Gasteiger partial charge in [0.15, 0.2) is 5.13 Å². The van der Waals surface area contributed by atoms with Crippen molar-refractivity contribution in [1.82, 2.24) is 19.9 Å². The van der Waals surface area contributed by atoms with Gasteiger partial charge in [0, 0.05) is 24.8 Å². The van der Waals surface area contributed by atoms with Crippen molar-refractivity contribution < 1.29 is 121 Å². The van der Waals surface area contributed by atoms with Gasteiger partial charge in [0.05, 0.1) is 0 Å². The first kappa shape index (κ1) is 21.8. The van der Waals surface area contributed by atoms with E-state index in [1.165, 1.54) is 11.3 Å². The van der Waals surface area contributed by atoms with Crippen LogP contribution in [0.2, 0.25) is 0 Å². The Balaban J connectivity index is 0.00000104. The number of amides is 2. The molecule has 114 valence electrons. The zero-order valence-corrected chi connectivity index (χ0v) is 24.4. The molecule has 1 fully saturated rings. The zero-order chi connectivity index (χ0) is 15.1. The van der Waals surface area contributed by atoms with Gasteiger partial charge in [-0.25, -0.2) is 15.3 Å². The zero-order valence-electron chi connectivity index (χ0n) is 13.8. The van der Waals surface area contributed by atoms with Crippen LogP contribution in [-0.2, 0) is 12.8 Å². The van der Waals surface area contributed by atoms with E-state index in [0.29, 0.717) is 18.2 Å². The third kappa shape index (κ3) is 4.69. The van der Waals surface area contributed by atoms with Crippen LogP contribution in [0.1, 0.15) is 17.7 Å². The van der Waals surface area contributed by atoms with Gasteiger partial charge in [0.25, 0.3) is 0 Å². The Morgan fingerprint density at radius 2 is 2.21 bits per heavy atom. The fourth-order valence-corrected chi connectivity index (χ4v) is 3.81. The van der Waals surface area contributed by atoms with E-state index in [0.717, 1.165) is 41.1 Å². The maximum absolute atomic E-state index is 12.2. The van der Waals surface area contributed by atoms with Crippen molar-refractivity contribution in [3.8, 4) is 10.6 Å². The van der Waals surface area contributed by atoms with E-state index in [-0.39, 0.29) is 128 Å². The molecule has 7 nitrogen and oxygen atoms in total. The molecule has 4 rings (SSSR count). The molecule has 1 aliphatic carbocycles. The van der Waals surface area contributed by atoms with Crippen LogP contribution in [0.3, 0.4) is 0 Å². The predicted molar refractivity (Wildman–Crippen MR) is 81.4 cm³/mol. The topological polar surface area (TPSA) is 97.0 Å². The Morgan fingerprint density at radius 1 is 1.38 bits per heavy atom. The Labute approximate surface area is 242 Å². The van der Waals surface area contributed by atoms with Crippen molar-refractivity contribution in [3.05, 3.63) is 23.8 Å². The van der Waals surface area contributed by atoms with Gasteiger partial charge in [-0.3, -0.25) is 11.5 Å². The fraction of sp³-hybridized carbons (Fsp3) is 0.429. The molecule has 0 bridgehead atoms. The smallest absolute Gasteiger partial charge is 0.524 e. The number of urea groups is 1. The molecule has 24 heavy (non-hydrogen) atoms. The summed E-state index contributed by atoms with van der Waals surface area (Å²) in [4.78, 5) is 27.5. The van der Waals surface area contributed by atoms with Gasteiger partial charge in [-0.15, -0.1) is 17.0 Å². The average molecular weight is 485 g/mol. The molecule has 2 aromatic rings. The first-order valence-corrected chi connectivity index (χ1v) is 7.98. The summed E-state index contributed by atoms with van der Waals surface area (Å²) in [5.74, 6) is 0. The minimum atomic E-state index is -0.139. The van der Waals surface area contributed by atoms with E-state index in [1.54, 1.807) is 4.90 Å². The van der Waals surface area contributed by atoms with Crippen LogP contribution in [0.15, 0.2) is 0 Å². The number of nitrogens with two attached hydrogens (primary N) is 1. The van der Waals surface area contributed by atoms with E-state index in [4.69, 9.17) is 5.73 Å². The van der Waals surface area contributed by atoms with Crippen molar-refractivity contribution in [2.45, 2.75) is 25.3 Å². The fourth-order valence-electron chi connectivity index (χ4n) is 2.80. The molecule has 10 heteroatoms. The summed E-state index contributed by atoms with van der Waals surface area (Å²) in [6.07, 6.45) is 7.98. The van der Waals surface area contributed by atoms with Crippen LogP contribution >= 0.6 is 11.3 Å². The molecule has 1 aliphatic heterocycles. The Morgan fingerprint density at radius 3 is 2.96 bits per heavy atom. The number of hydrogen-bond acceptors (Lipinski definition) is 6. The second-order valence-corrected chi connectivity index (χ2v) is 6.48. The van der Waals surface area contributed by atoms with Gasteiger partial charge in [-0.1, -0.05) is 6.42 Å². The van der Waals surface area contributed by atoms with E-state index in [2.05, 4.69) is 32.8 Å². The summed E-state index contributed by atoms with van der Waals surface area (Å²) >= 11 is 1.43. The Hall–Kier alpha value is 1.55. The number of aromatic nitrogens is 3. The summed E-state index contributed by atoms with van der Waals surface area (Å²) in [5.41, 5.74) is 8.61. The van der Waals surface area contributed by atoms with E-state index in [9.17, 15) is 4.79 Å². The van der Waals surface area contributed by atoms with Gasteiger partial charge >= 0.3 is 122 Å². The molecule has 3 N–H and O–H groups in total. The number of fused-ring (bicyclic) bond motifs is 3. The SMILES string of the molecule is NC1CCN(C(=O)Nc2nc3c(s2)-c2n[c-]n[c-]c2CC3)C1.[Rb+].[Rb+]. The van der Waals surface area contributed by atoms with Crippen molar-refractivity contribution in [2.75, 3.05) is 18.4 Å². The summed E-state index contributed by atoms with van der Waals surface area (Å²) in [6, 6.07) is -0.0648. The monoisotopic (exact) mass is 484 g/mol. The molecule has 2 aliphatic rings. The first-order valence-electron chi connectivity index (χ1n) is 7.17. The maximum Gasteiger partial charge on any atom is 1.00 e. The van der Waals surface area contributed by atoms with Crippen molar-refractivity contribution in [1.29, 1.82) is 0 Å². The van der Waals surface area contributed by atoms with Gasteiger partial charge in [0.2, 0.25) is 0 Å². The predicted octanol–water partition coefficient (Wildman–Crippen LogP) is -5.13. The van der Waals surface area contributed by atoms with Crippen molar-refractivity contribution in [3.63, 3.8) is 0 Å². The molecule has 3 heterocycles. The van der Waals surface area contributed by atoms with Gasteiger partial charge in [-0.2, -0.15) is 6.33 Å². The number of carbonyl (C=O) groups excluding carboxylic acids is 1. The maximum atomic E-state index is 12.2. The third-order valence-electron chi connectivity index (χ3n) is 3.94. The van der Waals surface area contributed by atoms with Crippen LogP contribution in [0.4, 0.5) is 9.93 Å². The van der Waals surface area contributed by atoms with Crippen LogP contribution in [0.5, 0.6) is 0 Å². The molecule has 1 unspecified atom stereocenters. The van der Waals surface area contributed by atoms with Gasteiger partial charge in [-0.05, 0) is 17.7 Å². The number of likely N-dealkylation sites (tertiary alicyclic amines) is 1. The minimum Gasteiger partial charge on any atom is -0.524 e. The van der Waals surface area contributed by atoms with Gasteiger partial charge in [0.1, 0.15) is 0 Å². The summed E-state index contributed by atoms with van der Waals surface area (Å²) in [6.45, 7) is 1.29.